The summed E-state index contributed by atoms with van der Waals surface area (Å²) in [5.41, 5.74) is 1.84. The van der Waals surface area contributed by atoms with Crippen LogP contribution in [0, 0.1) is 0 Å². The van der Waals surface area contributed by atoms with Crippen LogP contribution in [0.5, 0.6) is 5.75 Å². The number of nitrogens with one attached hydrogen (secondary N) is 1. The number of hydrogen-bond donors (Lipinski definition) is 1. The molecular weight excluding hydrogens is 350 g/mol. The highest BCUT2D eigenvalue weighted by atomic mass is 16.5. The van der Waals surface area contributed by atoms with Crippen LogP contribution >= 0.6 is 0 Å². The molecule has 2 aromatic carbocycles. The summed E-state index contributed by atoms with van der Waals surface area (Å²) in [4.78, 5) is 17.2. The zero-order valence-electron chi connectivity index (χ0n) is 16.9. The van der Waals surface area contributed by atoms with Gasteiger partial charge in [0.2, 0.25) is 0 Å². The van der Waals surface area contributed by atoms with Crippen LogP contribution < -0.4 is 10.1 Å². The minimum absolute atomic E-state index is 0.0501. The van der Waals surface area contributed by atoms with Crippen molar-refractivity contribution < 1.29 is 9.53 Å². The molecule has 1 heterocycles. The molecule has 0 bridgehead atoms. The third kappa shape index (κ3) is 5.57. The van der Waals surface area contributed by atoms with Crippen LogP contribution in [-0.4, -0.2) is 62.5 Å². The standard InChI is InChI=1S/C23H31N3O2/c1-24-13-12-22(19-8-4-3-5-9-19)28-21-11-6-10-20(18-21)23(27)26-15-7-14-25(2)16-17-26/h3-6,8-11,18,22,24H,7,12-17H2,1-2H3. The van der Waals surface area contributed by atoms with E-state index in [1.165, 1.54) is 0 Å². The quantitative estimate of drug-likeness (QED) is 0.800. The van der Waals surface area contributed by atoms with Crippen LogP contribution in [0.15, 0.2) is 54.6 Å². The minimum Gasteiger partial charge on any atom is -0.486 e. The molecule has 1 saturated heterocycles. The molecule has 5 nitrogen and oxygen atoms in total. The lowest BCUT2D eigenvalue weighted by Crippen LogP contribution is -2.34. The Morgan fingerprint density at radius 3 is 2.68 bits per heavy atom. The highest BCUT2D eigenvalue weighted by Crippen LogP contribution is 2.25. The first-order chi connectivity index (χ1) is 13.7. The normalized spacial score (nSPS) is 16.4. The largest absolute Gasteiger partial charge is 0.486 e. The van der Waals surface area contributed by atoms with Gasteiger partial charge in [-0.15, -0.1) is 0 Å². The van der Waals surface area contributed by atoms with Crippen molar-refractivity contribution >= 4 is 5.91 Å². The SMILES string of the molecule is CNCCC(Oc1cccc(C(=O)N2CCCN(C)CC2)c1)c1ccccc1. The summed E-state index contributed by atoms with van der Waals surface area (Å²) in [6.07, 6.45) is 1.82. The third-order valence-corrected chi connectivity index (χ3v) is 5.19. The van der Waals surface area contributed by atoms with E-state index < -0.39 is 0 Å². The van der Waals surface area contributed by atoms with E-state index in [0.29, 0.717) is 5.56 Å². The van der Waals surface area contributed by atoms with Gasteiger partial charge in [0.05, 0.1) is 0 Å². The van der Waals surface area contributed by atoms with Gasteiger partial charge in [-0.2, -0.15) is 0 Å². The summed E-state index contributed by atoms with van der Waals surface area (Å²) in [5.74, 6) is 0.829. The fourth-order valence-electron chi connectivity index (χ4n) is 3.54. The molecule has 28 heavy (non-hydrogen) atoms. The van der Waals surface area contributed by atoms with Crippen molar-refractivity contribution in [2.75, 3.05) is 46.8 Å². The van der Waals surface area contributed by atoms with Gasteiger partial charge in [-0.1, -0.05) is 36.4 Å². The predicted molar refractivity (Wildman–Crippen MR) is 113 cm³/mol. The molecule has 1 fully saturated rings. The molecule has 5 heteroatoms. The van der Waals surface area contributed by atoms with Gasteiger partial charge in [0.25, 0.3) is 5.91 Å². The molecule has 0 aromatic heterocycles. The van der Waals surface area contributed by atoms with Crippen molar-refractivity contribution in [2.45, 2.75) is 18.9 Å². The van der Waals surface area contributed by atoms with E-state index in [-0.39, 0.29) is 12.0 Å². The molecule has 0 spiro atoms. The number of carbonyl (C=O) groups excluding carboxylic acids is 1. The Kier molecular flexibility index (Phi) is 7.46. The van der Waals surface area contributed by atoms with Crippen molar-refractivity contribution in [3.05, 3.63) is 65.7 Å². The van der Waals surface area contributed by atoms with E-state index >= 15 is 0 Å². The van der Waals surface area contributed by atoms with Crippen LogP contribution in [0.1, 0.15) is 34.9 Å². The molecule has 1 aliphatic rings. The summed E-state index contributed by atoms with van der Waals surface area (Å²) < 4.78 is 6.30. The van der Waals surface area contributed by atoms with Crippen LogP contribution in [0.3, 0.4) is 0 Å². The number of benzene rings is 2. The highest BCUT2D eigenvalue weighted by Gasteiger charge is 2.20. The van der Waals surface area contributed by atoms with Crippen molar-refractivity contribution in [2.24, 2.45) is 0 Å². The summed E-state index contributed by atoms with van der Waals surface area (Å²) >= 11 is 0. The lowest BCUT2D eigenvalue weighted by molar-refractivity contribution is 0.0762. The maximum absolute atomic E-state index is 13.0. The Bertz CT molecular complexity index is 751. The van der Waals surface area contributed by atoms with Gasteiger partial charge in [0, 0.05) is 31.6 Å². The van der Waals surface area contributed by atoms with E-state index in [0.717, 1.165) is 56.9 Å². The molecule has 0 saturated carbocycles. The highest BCUT2D eigenvalue weighted by molar-refractivity contribution is 5.94. The minimum atomic E-state index is -0.0501. The third-order valence-electron chi connectivity index (χ3n) is 5.19. The maximum atomic E-state index is 13.0. The Morgan fingerprint density at radius 1 is 1.07 bits per heavy atom. The summed E-state index contributed by atoms with van der Waals surface area (Å²) in [5, 5.41) is 3.19. The number of hydrogen-bond acceptors (Lipinski definition) is 4. The maximum Gasteiger partial charge on any atom is 0.254 e. The second-order valence-electron chi connectivity index (χ2n) is 7.39. The number of amides is 1. The molecular formula is C23H31N3O2. The van der Waals surface area contributed by atoms with E-state index in [2.05, 4.69) is 29.4 Å². The summed E-state index contributed by atoms with van der Waals surface area (Å²) in [6.45, 7) is 4.40. The molecule has 150 valence electrons. The van der Waals surface area contributed by atoms with Gasteiger partial charge in [0.15, 0.2) is 0 Å². The second-order valence-corrected chi connectivity index (χ2v) is 7.39. The van der Waals surface area contributed by atoms with E-state index in [1.54, 1.807) is 0 Å². The molecule has 1 atom stereocenters. The van der Waals surface area contributed by atoms with Crippen LogP contribution in [0.4, 0.5) is 0 Å². The van der Waals surface area contributed by atoms with Crippen molar-refractivity contribution in [3.63, 3.8) is 0 Å². The smallest absolute Gasteiger partial charge is 0.254 e. The Hall–Kier alpha value is -2.37. The van der Waals surface area contributed by atoms with Crippen LogP contribution in [0.25, 0.3) is 0 Å². The molecule has 3 rings (SSSR count). The Balaban J connectivity index is 1.73. The number of rotatable bonds is 7. The number of carbonyl (C=O) groups is 1. The molecule has 0 radical (unpaired) electrons. The molecule has 2 aromatic rings. The average molecular weight is 382 g/mol. The van der Waals surface area contributed by atoms with Gasteiger partial charge >= 0.3 is 0 Å². The Labute approximate surface area is 168 Å². The lowest BCUT2D eigenvalue weighted by atomic mass is 10.1. The topological polar surface area (TPSA) is 44.8 Å². The van der Waals surface area contributed by atoms with Crippen molar-refractivity contribution in [3.8, 4) is 5.75 Å². The first-order valence-electron chi connectivity index (χ1n) is 10.1. The average Bonchev–Trinajstić information content (AvgIpc) is 2.96. The number of ether oxygens (including phenoxy) is 1. The van der Waals surface area contributed by atoms with Gasteiger partial charge in [-0.05, 0) is 57.4 Å². The van der Waals surface area contributed by atoms with Crippen molar-refractivity contribution in [1.29, 1.82) is 0 Å². The lowest BCUT2D eigenvalue weighted by Gasteiger charge is -2.22. The predicted octanol–water partition coefficient (Wildman–Crippen LogP) is 3.19. The van der Waals surface area contributed by atoms with Gasteiger partial charge in [-0.3, -0.25) is 4.79 Å². The molecule has 1 amide bonds. The van der Waals surface area contributed by atoms with Crippen LogP contribution in [-0.2, 0) is 0 Å². The molecule has 1 unspecified atom stereocenters. The second kappa shape index (κ2) is 10.2. The van der Waals surface area contributed by atoms with E-state index in [1.807, 2.05) is 54.4 Å². The van der Waals surface area contributed by atoms with Gasteiger partial charge in [-0.25, -0.2) is 0 Å². The monoisotopic (exact) mass is 381 g/mol. The van der Waals surface area contributed by atoms with Crippen LogP contribution in [0.2, 0.25) is 0 Å². The van der Waals surface area contributed by atoms with Gasteiger partial charge < -0.3 is 19.9 Å². The molecule has 0 aliphatic carbocycles. The first-order valence-corrected chi connectivity index (χ1v) is 10.1. The fraction of sp³-hybridized carbons (Fsp3) is 0.435. The zero-order chi connectivity index (χ0) is 19.8. The summed E-state index contributed by atoms with van der Waals surface area (Å²) in [6, 6.07) is 17.8. The zero-order valence-corrected chi connectivity index (χ0v) is 16.9. The van der Waals surface area contributed by atoms with Gasteiger partial charge in [0.1, 0.15) is 11.9 Å². The summed E-state index contributed by atoms with van der Waals surface area (Å²) in [7, 11) is 4.05. The number of nitrogens with zero attached hydrogens (tertiary/aromatic N) is 2. The molecule has 1 aliphatic heterocycles. The first kappa shape index (κ1) is 20.4. The Morgan fingerprint density at radius 2 is 1.89 bits per heavy atom. The van der Waals surface area contributed by atoms with E-state index in [4.69, 9.17) is 4.74 Å². The fourth-order valence-corrected chi connectivity index (χ4v) is 3.54. The molecule has 1 N–H and O–H groups in total. The van der Waals surface area contributed by atoms with Crippen molar-refractivity contribution in [1.82, 2.24) is 15.1 Å². The van der Waals surface area contributed by atoms with E-state index in [9.17, 15) is 4.79 Å². The number of likely N-dealkylation sites (N-methyl/N-ethyl adjacent to an activating group) is 1.